The van der Waals surface area contributed by atoms with E-state index in [4.69, 9.17) is 0 Å². The van der Waals surface area contributed by atoms with Crippen LogP contribution in [0.1, 0.15) is 35.1 Å². The van der Waals surface area contributed by atoms with E-state index in [2.05, 4.69) is 10.1 Å². The summed E-state index contributed by atoms with van der Waals surface area (Å²) in [5.74, 6) is -0.661. The predicted molar refractivity (Wildman–Crippen MR) is 91.6 cm³/mol. The summed E-state index contributed by atoms with van der Waals surface area (Å²) >= 11 is 0. The maximum atomic E-state index is 12.7. The quantitative estimate of drug-likeness (QED) is 0.922. The van der Waals surface area contributed by atoms with Gasteiger partial charge in [-0.3, -0.25) is 9.59 Å². The van der Waals surface area contributed by atoms with Crippen molar-refractivity contribution in [2.24, 2.45) is 11.8 Å². The van der Waals surface area contributed by atoms with Gasteiger partial charge in [0.2, 0.25) is 0 Å². The van der Waals surface area contributed by atoms with Crippen LogP contribution in [0.3, 0.4) is 0 Å². The number of amides is 1. The minimum atomic E-state index is -0.782. The zero-order chi connectivity index (χ0) is 18.1. The number of carboxylic acid groups (broad SMARTS) is 1. The Morgan fingerprint density at radius 2 is 2.04 bits per heavy atom. The molecule has 3 heterocycles. The molecule has 0 aromatic carbocycles. The Bertz CT molecular complexity index is 797. The molecule has 0 bridgehead atoms. The number of hydrogen-bond donors (Lipinski definition) is 1. The number of nitrogens with zero attached hydrogens (tertiary/aromatic N) is 4. The molecule has 2 aromatic rings. The van der Waals surface area contributed by atoms with E-state index < -0.39 is 5.97 Å². The van der Waals surface area contributed by atoms with Crippen LogP contribution < -0.4 is 0 Å². The number of carbonyl (C=O) groups excluding carboxylic acids is 1. The van der Waals surface area contributed by atoms with E-state index in [1.165, 1.54) is 0 Å². The molecule has 1 fully saturated rings. The number of aromatic nitrogens is 3. The zero-order valence-electron chi connectivity index (χ0n) is 14.6. The topological polar surface area (TPSA) is 88.3 Å². The van der Waals surface area contributed by atoms with Crippen LogP contribution in [-0.4, -0.2) is 49.7 Å². The fourth-order valence-electron chi connectivity index (χ4n) is 3.38. The van der Waals surface area contributed by atoms with Gasteiger partial charge in [-0.15, -0.1) is 0 Å². The average molecular weight is 342 g/mol. The second kappa shape index (κ2) is 6.66. The Balaban J connectivity index is 1.73. The monoisotopic (exact) mass is 342 g/mol. The Kier molecular flexibility index (Phi) is 4.57. The molecule has 0 radical (unpaired) electrons. The average Bonchev–Trinajstić information content (AvgIpc) is 2.92. The minimum Gasteiger partial charge on any atom is -0.481 e. The van der Waals surface area contributed by atoms with Crippen LogP contribution in [0.25, 0.3) is 5.82 Å². The molecule has 1 saturated heterocycles. The summed E-state index contributed by atoms with van der Waals surface area (Å²) in [6.07, 6.45) is 2.04. The molecule has 0 aliphatic carbocycles. The Morgan fingerprint density at radius 1 is 1.28 bits per heavy atom. The zero-order valence-corrected chi connectivity index (χ0v) is 14.6. The first-order valence-electron chi connectivity index (χ1n) is 8.38. The van der Waals surface area contributed by atoms with Crippen LogP contribution in [-0.2, 0) is 4.79 Å². The molecular formula is C18H22N4O3. The molecule has 132 valence electrons. The molecular weight excluding hydrogens is 320 g/mol. The predicted octanol–water partition coefficient (Wildman–Crippen LogP) is 2.07. The molecule has 7 nitrogen and oxygen atoms in total. The SMILES string of the molecule is Cc1cc(C)n(-c2ccc(C(=O)N3CCC(C(=O)O)C(C)C3)cn2)n1. The molecule has 25 heavy (non-hydrogen) atoms. The molecule has 0 saturated carbocycles. The van der Waals surface area contributed by atoms with Crippen LogP contribution in [0.2, 0.25) is 0 Å². The van der Waals surface area contributed by atoms with Gasteiger partial charge in [-0.1, -0.05) is 6.92 Å². The third-order valence-corrected chi connectivity index (χ3v) is 4.73. The summed E-state index contributed by atoms with van der Waals surface area (Å²) in [6.45, 7) is 6.66. The van der Waals surface area contributed by atoms with Crippen molar-refractivity contribution in [3.05, 3.63) is 41.3 Å². The molecule has 2 unspecified atom stereocenters. The van der Waals surface area contributed by atoms with E-state index in [-0.39, 0.29) is 17.7 Å². The third-order valence-electron chi connectivity index (χ3n) is 4.73. The highest BCUT2D eigenvalue weighted by Crippen LogP contribution is 2.24. The van der Waals surface area contributed by atoms with Crippen molar-refractivity contribution < 1.29 is 14.7 Å². The van der Waals surface area contributed by atoms with Crippen molar-refractivity contribution in [1.29, 1.82) is 0 Å². The summed E-state index contributed by atoms with van der Waals surface area (Å²) in [5, 5.41) is 13.6. The number of pyridine rings is 1. The number of likely N-dealkylation sites (tertiary alicyclic amines) is 1. The molecule has 7 heteroatoms. The fourth-order valence-corrected chi connectivity index (χ4v) is 3.38. The minimum absolute atomic E-state index is 0.0582. The van der Waals surface area contributed by atoms with Crippen LogP contribution in [0.15, 0.2) is 24.4 Å². The standard InChI is InChI=1S/C18H22N4O3/c1-11-10-21(7-6-15(11)18(24)25)17(23)14-4-5-16(19-9-14)22-13(3)8-12(2)20-22/h4-5,8-9,11,15H,6-7,10H2,1-3H3,(H,24,25). The van der Waals surface area contributed by atoms with E-state index in [0.29, 0.717) is 30.9 Å². The van der Waals surface area contributed by atoms with Crippen molar-refractivity contribution >= 4 is 11.9 Å². The Labute approximate surface area is 146 Å². The highest BCUT2D eigenvalue weighted by Gasteiger charge is 2.33. The Morgan fingerprint density at radius 3 is 2.56 bits per heavy atom. The van der Waals surface area contributed by atoms with Gasteiger partial charge in [0.15, 0.2) is 5.82 Å². The smallest absolute Gasteiger partial charge is 0.306 e. The van der Waals surface area contributed by atoms with E-state index in [1.54, 1.807) is 27.9 Å². The van der Waals surface area contributed by atoms with Gasteiger partial charge >= 0.3 is 5.97 Å². The van der Waals surface area contributed by atoms with Gasteiger partial charge in [-0.25, -0.2) is 9.67 Å². The fraction of sp³-hybridized carbons (Fsp3) is 0.444. The lowest BCUT2D eigenvalue weighted by molar-refractivity contribution is -0.145. The van der Waals surface area contributed by atoms with Gasteiger partial charge in [0.1, 0.15) is 0 Å². The summed E-state index contributed by atoms with van der Waals surface area (Å²) in [4.78, 5) is 29.9. The van der Waals surface area contributed by atoms with Gasteiger partial charge in [-0.05, 0) is 44.4 Å². The normalized spacial score (nSPS) is 20.5. The van der Waals surface area contributed by atoms with Crippen molar-refractivity contribution in [2.45, 2.75) is 27.2 Å². The number of aliphatic carboxylic acids is 1. The third kappa shape index (κ3) is 3.40. The first-order valence-corrected chi connectivity index (χ1v) is 8.38. The largest absolute Gasteiger partial charge is 0.481 e. The number of carbonyl (C=O) groups is 2. The molecule has 1 aliphatic heterocycles. The Hall–Kier alpha value is -2.70. The number of rotatable bonds is 3. The van der Waals surface area contributed by atoms with Crippen molar-refractivity contribution in [2.75, 3.05) is 13.1 Å². The van der Waals surface area contributed by atoms with E-state index in [9.17, 15) is 14.7 Å². The van der Waals surface area contributed by atoms with Crippen LogP contribution in [0.4, 0.5) is 0 Å². The number of carboxylic acids is 1. The summed E-state index contributed by atoms with van der Waals surface area (Å²) in [5.41, 5.74) is 2.40. The molecule has 0 spiro atoms. The molecule has 2 aromatic heterocycles. The summed E-state index contributed by atoms with van der Waals surface area (Å²) < 4.78 is 1.74. The van der Waals surface area contributed by atoms with Gasteiger partial charge in [0.05, 0.1) is 17.2 Å². The second-order valence-corrected chi connectivity index (χ2v) is 6.71. The van der Waals surface area contributed by atoms with Crippen LogP contribution in [0, 0.1) is 25.7 Å². The molecule has 1 aliphatic rings. The van der Waals surface area contributed by atoms with Crippen LogP contribution in [0.5, 0.6) is 0 Å². The maximum Gasteiger partial charge on any atom is 0.306 e. The second-order valence-electron chi connectivity index (χ2n) is 6.71. The number of hydrogen-bond acceptors (Lipinski definition) is 4. The van der Waals surface area contributed by atoms with E-state index in [0.717, 1.165) is 11.4 Å². The van der Waals surface area contributed by atoms with Gasteiger partial charge in [0, 0.05) is 25.0 Å². The first kappa shape index (κ1) is 17.1. The van der Waals surface area contributed by atoms with Gasteiger partial charge < -0.3 is 10.0 Å². The molecule has 2 atom stereocenters. The van der Waals surface area contributed by atoms with Crippen molar-refractivity contribution in [3.63, 3.8) is 0 Å². The van der Waals surface area contributed by atoms with Crippen molar-refractivity contribution in [3.8, 4) is 5.82 Å². The van der Waals surface area contributed by atoms with Gasteiger partial charge in [0.25, 0.3) is 5.91 Å². The highest BCUT2D eigenvalue weighted by molar-refractivity contribution is 5.94. The summed E-state index contributed by atoms with van der Waals surface area (Å²) in [6, 6.07) is 5.49. The lowest BCUT2D eigenvalue weighted by Crippen LogP contribution is -2.45. The van der Waals surface area contributed by atoms with E-state index in [1.807, 2.05) is 26.8 Å². The lowest BCUT2D eigenvalue weighted by Gasteiger charge is -2.34. The highest BCUT2D eigenvalue weighted by atomic mass is 16.4. The summed E-state index contributed by atoms with van der Waals surface area (Å²) in [7, 11) is 0. The maximum absolute atomic E-state index is 12.7. The molecule has 1 N–H and O–H groups in total. The number of aryl methyl sites for hydroxylation is 2. The molecule has 3 rings (SSSR count). The lowest BCUT2D eigenvalue weighted by atomic mass is 9.87. The molecule has 1 amide bonds. The van der Waals surface area contributed by atoms with Crippen LogP contribution >= 0.6 is 0 Å². The van der Waals surface area contributed by atoms with E-state index >= 15 is 0 Å². The number of piperidine rings is 1. The van der Waals surface area contributed by atoms with Gasteiger partial charge in [-0.2, -0.15) is 5.10 Å². The van der Waals surface area contributed by atoms with Crippen molar-refractivity contribution in [1.82, 2.24) is 19.7 Å². The first-order chi connectivity index (χ1) is 11.9.